The molecular formula is C9H20N4O. The zero-order chi connectivity index (χ0) is 10.4. The van der Waals surface area contributed by atoms with Crippen LogP contribution in [-0.4, -0.2) is 50.2 Å². The van der Waals surface area contributed by atoms with Gasteiger partial charge in [0.15, 0.2) is 0 Å². The fourth-order valence-electron chi connectivity index (χ4n) is 1.73. The summed E-state index contributed by atoms with van der Waals surface area (Å²) < 4.78 is 0. The quantitative estimate of drug-likeness (QED) is 0.564. The Balaban J connectivity index is 2.17. The number of urea groups is 1. The predicted octanol–water partition coefficient (Wildman–Crippen LogP) is -0.661. The fourth-order valence-corrected chi connectivity index (χ4v) is 1.73. The highest BCUT2D eigenvalue weighted by atomic mass is 16.2. The summed E-state index contributed by atoms with van der Waals surface area (Å²) in [7, 11) is 1.64. The SMILES string of the molecule is CNC(=O)NC1CCN(CCCN)C1. The van der Waals surface area contributed by atoms with Gasteiger partial charge in [0.1, 0.15) is 0 Å². The van der Waals surface area contributed by atoms with E-state index in [1.165, 1.54) is 0 Å². The Bertz CT molecular complexity index is 186. The van der Waals surface area contributed by atoms with Crippen molar-refractivity contribution in [3.8, 4) is 0 Å². The summed E-state index contributed by atoms with van der Waals surface area (Å²) in [4.78, 5) is 13.4. The molecule has 4 N–H and O–H groups in total. The zero-order valence-corrected chi connectivity index (χ0v) is 8.75. The summed E-state index contributed by atoms with van der Waals surface area (Å²) in [5.74, 6) is 0. The van der Waals surface area contributed by atoms with E-state index in [4.69, 9.17) is 5.73 Å². The molecule has 14 heavy (non-hydrogen) atoms. The van der Waals surface area contributed by atoms with Gasteiger partial charge in [-0.05, 0) is 25.9 Å². The average molecular weight is 200 g/mol. The maximum atomic E-state index is 11.0. The van der Waals surface area contributed by atoms with E-state index in [1.807, 2.05) is 0 Å². The fraction of sp³-hybridized carbons (Fsp3) is 0.889. The van der Waals surface area contributed by atoms with Crippen LogP contribution < -0.4 is 16.4 Å². The van der Waals surface area contributed by atoms with Crippen molar-refractivity contribution in [3.05, 3.63) is 0 Å². The lowest BCUT2D eigenvalue weighted by atomic mass is 10.3. The van der Waals surface area contributed by atoms with Crippen LogP contribution >= 0.6 is 0 Å². The highest BCUT2D eigenvalue weighted by molar-refractivity contribution is 5.73. The van der Waals surface area contributed by atoms with E-state index in [9.17, 15) is 4.79 Å². The second-order valence-electron chi connectivity index (χ2n) is 3.65. The Hall–Kier alpha value is -0.810. The third kappa shape index (κ3) is 3.51. The largest absolute Gasteiger partial charge is 0.341 e. The van der Waals surface area contributed by atoms with Crippen molar-refractivity contribution in [1.29, 1.82) is 0 Å². The minimum Gasteiger partial charge on any atom is -0.341 e. The summed E-state index contributed by atoms with van der Waals surface area (Å²) in [6, 6.07) is 0.211. The van der Waals surface area contributed by atoms with Gasteiger partial charge in [-0.25, -0.2) is 4.79 Å². The third-order valence-electron chi connectivity index (χ3n) is 2.51. The summed E-state index contributed by atoms with van der Waals surface area (Å²) in [5.41, 5.74) is 5.44. The Morgan fingerprint density at radius 3 is 3.07 bits per heavy atom. The second-order valence-corrected chi connectivity index (χ2v) is 3.65. The van der Waals surface area contributed by atoms with Crippen LogP contribution in [0.2, 0.25) is 0 Å². The van der Waals surface area contributed by atoms with E-state index in [1.54, 1.807) is 7.05 Å². The van der Waals surface area contributed by atoms with Crippen LogP contribution in [0.25, 0.3) is 0 Å². The van der Waals surface area contributed by atoms with Gasteiger partial charge in [0.2, 0.25) is 0 Å². The molecule has 5 heteroatoms. The number of carbonyl (C=O) groups excluding carboxylic acids is 1. The Morgan fingerprint density at radius 2 is 2.43 bits per heavy atom. The summed E-state index contributed by atoms with van der Waals surface area (Å²) >= 11 is 0. The molecule has 1 rings (SSSR count). The van der Waals surface area contributed by atoms with Gasteiger partial charge >= 0.3 is 6.03 Å². The molecule has 1 saturated heterocycles. The summed E-state index contributed by atoms with van der Waals surface area (Å²) in [6.45, 7) is 3.80. The molecule has 5 nitrogen and oxygen atoms in total. The number of nitrogens with two attached hydrogens (primary N) is 1. The first kappa shape index (κ1) is 11.3. The first-order chi connectivity index (χ1) is 6.76. The Kier molecular flexibility index (Phi) is 4.69. The number of amides is 2. The molecule has 0 aromatic rings. The normalized spacial score (nSPS) is 22.3. The van der Waals surface area contributed by atoms with E-state index in [2.05, 4.69) is 15.5 Å². The number of nitrogens with zero attached hydrogens (tertiary/aromatic N) is 1. The van der Waals surface area contributed by atoms with Gasteiger partial charge in [-0.15, -0.1) is 0 Å². The maximum Gasteiger partial charge on any atom is 0.314 e. The van der Waals surface area contributed by atoms with E-state index in [-0.39, 0.29) is 6.03 Å². The molecule has 0 aliphatic carbocycles. The van der Waals surface area contributed by atoms with E-state index >= 15 is 0 Å². The number of likely N-dealkylation sites (tertiary alicyclic amines) is 1. The predicted molar refractivity (Wildman–Crippen MR) is 56.1 cm³/mol. The molecule has 1 unspecified atom stereocenters. The highest BCUT2D eigenvalue weighted by Crippen LogP contribution is 2.08. The molecule has 0 saturated carbocycles. The summed E-state index contributed by atoms with van der Waals surface area (Å²) in [5, 5.41) is 5.47. The minimum atomic E-state index is -0.0873. The Labute approximate surface area is 85.0 Å². The molecule has 0 aromatic carbocycles. The molecule has 1 atom stereocenters. The third-order valence-corrected chi connectivity index (χ3v) is 2.51. The van der Waals surface area contributed by atoms with Crippen molar-refractivity contribution in [1.82, 2.24) is 15.5 Å². The number of carbonyl (C=O) groups is 1. The van der Waals surface area contributed by atoms with Gasteiger partial charge in [0, 0.05) is 26.2 Å². The first-order valence-electron chi connectivity index (χ1n) is 5.17. The lowest BCUT2D eigenvalue weighted by molar-refractivity contribution is 0.238. The average Bonchev–Trinajstić information content (AvgIpc) is 2.62. The topological polar surface area (TPSA) is 70.4 Å². The van der Waals surface area contributed by atoms with Crippen molar-refractivity contribution >= 4 is 6.03 Å². The van der Waals surface area contributed by atoms with Crippen LogP contribution in [0.5, 0.6) is 0 Å². The molecule has 2 amide bonds. The van der Waals surface area contributed by atoms with Gasteiger partial charge < -0.3 is 21.3 Å². The van der Waals surface area contributed by atoms with Gasteiger partial charge in [0.25, 0.3) is 0 Å². The Morgan fingerprint density at radius 1 is 1.64 bits per heavy atom. The first-order valence-corrected chi connectivity index (χ1v) is 5.17. The van der Waals surface area contributed by atoms with Gasteiger partial charge in [0.05, 0.1) is 0 Å². The van der Waals surface area contributed by atoms with Crippen LogP contribution in [0, 0.1) is 0 Å². The molecule has 0 bridgehead atoms. The van der Waals surface area contributed by atoms with E-state index in [0.717, 1.165) is 39.0 Å². The monoisotopic (exact) mass is 200 g/mol. The van der Waals surface area contributed by atoms with Gasteiger partial charge in [-0.1, -0.05) is 0 Å². The molecule has 0 spiro atoms. The van der Waals surface area contributed by atoms with Crippen molar-refractivity contribution in [2.45, 2.75) is 18.9 Å². The van der Waals surface area contributed by atoms with Crippen LogP contribution in [0.4, 0.5) is 4.79 Å². The van der Waals surface area contributed by atoms with Crippen molar-refractivity contribution in [3.63, 3.8) is 0 Å². The molecule has 1 aliphatic heterocycles. The number of hydrogen-bond acceptors (Lipinski definition) is 3. The highest BCUT2D eigenvalue weighted by Gasteiger charge is 2.22. The number of hydrogen-bond donors (Lipinski definition) is 3. The van der Waals surface area contributed by atoms with Gasteiger partial charge in [-0.3, -0.25) is 0 Å². The molecule has 82 valence electrons. The molecule has 1 fully saturated rings. The van der Waals surface area contributed by atoms with Crippen molar-refractivity contribution < 1.29 is 4.79 Å². The van der Waals surface area contributed by atoms with Crippen LogP contribution in [0.3, 0.4) is 0 Å². The van der Waals surface area contributed by atoms with Crippen molar-refractivity contribution in [2.75, 3.05) is 33.2 Å². The number of rotatable bonds is 4. The lowest BCUT2D eigenvalue weighted by Gasteiger charge is -2.15. The van der Waals surface area contributed by atoms with Crippen molar-refractivity contribution in [2.24, 2.45) is 5.73 Å². The minimum absolute atomic E-state index is 0.0873. The van der Waals surface area contributed by atoms with Gasteiger partial charge in [-0.2, -0.15) is 0 Å². The maximum absolute atomic E-state index is 11.0. The molecule has 0 aromatic heterocycles. The number of nitrogens with one attached hydrogen (secondary N) is 2. The van der Waals surface area contributed by atoms with E-state index < -0.39 is 0 Å². The molecule has 0 radical (unpaired) electrons. The van der Waals surface area contributed by atoms with Crippen LogP contribution in [0.15, 0.2) is 0 Å². The molecule has 1 heterocycles. The van der Waals surface area contributed by atoms with Crippen LogP contribution in [-0.2, 0) is 0 Å². The molecule has 1 aliphatic rings. The van der Waals surface area contributed by atoms with Crippen LogP contribution in [0.1, 0.15) is 12.8 Å². The van der Waals surface area contributed by atoms with E-state index in [0.29, 0.717) is 6.04 Å². The standard InChI is InChI=1S/C9H20N4O/c1-11-9(14)12-8-3-6-13(7-8)5-2-4-10/h8H,2-7,10H2,1H3,(H2,11,12,14). The smallest absolute Gasteiger partial charge is 0.314 e. The zero-order valence-electron chi connectivity index (χ0n) is 8.75. The molecular weight excluding hydrogens is 180 g/mol. The second kappa shape index (κ2) is 5.82. The lowest BCUT2D eigenvalue weighted by Crippen LogP contribution is -2.42. The summed E-state index contributed by atoms with van der Waals surface area (Å²) in [6.07, 6.45) is 2.07.